The smallest absolute Gasteiger partial charge is 0.252 e. The fraction of sp³-hybridized carbons (Fsp3) is 0.440. The van der Waals surface area contributed by atoms with E-state index in [0.717, 1.165) is 29.7 Å². The van der Waals surface area contributed by atoms with Crippen LogP contribution in [0.2, 0.25) is 0 Å². The average molecular weight is 434 g/mol. The molecule has 1 aromatic carbocycles. The molecular weight excluding hydrogens is 402 g/mol. The molecule has 3 aromatic rings. The van der Waals surface area contributed by atoms with Crippen LogP contribution in [0.4, 0.5) is 0 Å². The predicted molar refractivity (Wildman–Crippen MR) is 125 cm³/mol. The van der Waals surface area contributed by atoms with Gasteiger partial charge in [0.2, 0.25) is 5.91 Å². The molecule has 7 heteroatoms. The number of benzene rings is 1. The molecule has 1 aliphatic rings. The van der Waals surface area contributed by atoms with Gasteiger partial charge >= 0.3 is 0 Å². The third-order valence-corrected chi connectivity index (χ3v) is 6.08. The summed E-state index contributed by atoms with van der Waals surface area (Å²) in [5, 5.41) is 11.2. The Bertz CT molecular complexity index is 1130. The SMILES string of the molecule is Cc1ccccc1-c1cc(C(=O)NCCC(=O)NC2CCCC2)c2cnn(C(C)C)c2n1. The van der Waals surface area contributed by atoms with Crippen molar-refractivity contribution in [1.29, 1.82) is 0 Å². The number of rotatable bonds is 7. The molecule has 1 saturated carbocycles. The topological polar surface area (TPSA) is 88.9 Å². The molecule has 0 saturated heterocycles. The van der Waals surface area contributed by atoms with E-state index >= 15 is 0 Å². The van der Waals surface area contributed by atoms with Gasteiger partial charge in [-0.25, -0.2) is 9.67 Å². The second kappa shape index (κ2) is 9.51. The summed E-state index contributed by atoms with van der Waals surface area (Å²) in [7, 11) is 0. The van der Waals surface area contributed by atoms with Gasteiger partial charge in [0, 0.05) is 30.6 Å². The van der Waals surface area contributed by atoms with Gasteiger partial charge in [-0.15, -0.1) is 0 Å². The first kappa shape index (κ1) is 22.0. The Morgan fingerprint density at radius 3 is 2.66 bits per heavy atom. The van der Waals surface area contributed by atoms with Gasteiger partial charge in [0.25, 0.3) is 5.91 Å². The van der Waals surface area contributed by atoms with Crippen molar-refractivity contribution in [2.45, 2.75) is 65.0 Å². The van der Waals surface area contributed by atoms with Crippen LogP contribution in [0.15, 0.2) is 36.5 Å². The van der Waals surface area contributed by atoms with Gasteiger partial charge in [0.05, 0.1) is 22.8 Å². The van der Waals surface area contributed by atoms with E-state index in [1.54, 1.807) is 6.20 Å². The molecule has 0 bridgehead atoms. The Kier molecular flexibility index (Phi) is 6.53. The largest absolute Gasteiger partial charge is 0.353 e. The number of hydrogen-bond donors (Lipinski definition) is 2. The minimum absolute atomic E-state index is 0.00898. The van der Waals surface area contributed by atoms with E-state index in [2.05, 4.69) is 15.7 Å². The van der Waals surface area contributed by atoms with Crippen LogP contribution in [0, 0.1) is 6.92 Å². The van der Waals surface area contributed by atoms with Crippen molar-refractivity contribution >= 4 is 22.8 Å². The summed E-state index contributed by atoms with van der Waals surface area (Å²) in [5.74, 6) is -0.227. The zero-order chi connectivity index (χ0) is 22.7. The molecule has 168 valence electrons. The van der Waals surface area contributed by atoms with Crippen LogP contribution in [-0.2, 0) is 4.79 Å². The highest BCUT2D eigenvalue weighted by Gasteiger charge is 2.20. The molecule has 0 atom stereocenters. The number of pyridine rings is 1. The van der Waals surface area contributed by atoms with Crippen molar-refractivity contribution in [2.24, 2.45) is 0 Å². The number of nitrogens with one attached hydrogen (secondary N) is 2. The van der Waals surface area contributed by atoms with Crippen LogP contribution < -0.4 is 10.6 Å². The summed E-state index contributed by atoms with van der Waals surface area (Å²) in [6.07, 6.45) is 6.42. The number of aryl methyl sites for hydroxylation is 1. The van der Waals surface area contributed by atoms with E-state index in [-0.39, 0.29) is 30.3 Å². The van der Waals surface area contributed by atoms with Crippen LogP contribution in [-0.4, -0.2) is 39.2 Å². The molecule has 2 heterocycles. The number of hydrogen-bond acceptors (Lipinski definition) is 4. The monoisotopic (exact) mass is 433 g/mol. The van der Waals surface area contributed by atoms with E-state index in [1.807, 2.05) is 55.8 Å². The van der Waals surface area contributed by atoms with E-state index in [1.165, 1.54) is 12.8 Å². The maximum atomic E-state index is 13.1. The van der Waals surface area contributed by atoms with Gasteiger partial charge in [0.15, 0.2) is 5.65 Å². The van der Waals surface area contributed by atoms with Crippen LogP contribution in [0.25, 0.3) is 22.3 Å². The van der Waals surface area contributed by atoms with E-state index in [0.29, 0.717) is 23.1 Å². The lowest BCUT2D eigenvalue weighted by Crippen LogP contribution is -2.35. The average Bonchev–Trinajstić information content (AvgIpc) is 3.43. The molecular formula is C25H31N5O2. The second-order valence-corrected chi connectivity index (χ2v) is 8.84. The number of nitrogens with zero attached hydrogens (tertiary/aromatic N) is 3. The first-order chi connectivity index (χ1) is 15.4. The molecule has 0 aliphatic heterocycles. The standard InChI is InChI=1S/C25H31N5O2/c1-16(2)30-24-21(15-27-30)20(14-22(29-24)19-11-7-4-8-17(19)3)25(32)26-13-12-23(31)28-18-9-5-6-10-18/h4,7-8,11,14-16,18H,5-6,9-10,12-13H2,1-3H3,(H,26,32)(H,28,31). The van der Waals surface area contributed by atoms with Gasteiger partial charge in [-0.05, 0) is 45.2 Å². The minimum Gasteiger partial charge on any atom is -0.353 e. The van der Waals surface area contributed by atoms with Gasteiger partial charge in [-0.3, -0.25) is 9.59 Å². The van der Waals surface area contributed by atoms with Gasteiger partial charge in [-0.1, -0.05) is 37.1 Å². The Hall–Kier alpha value is -3.22. The summed E-state index contributed by atoms with van der Waals surface area (Å²) in [5.41, 5.74) is 4.02. The highest BCUT2D eigenvalue weighted by atomic mass is 16.2. The molecule has 2 amide bonds. The molecule has 0 unspecified atom stereocenters. The van der Waals surface area contributed by atoms with Crippen molar-refractivity contribution in [1.82, 2.24) is 25.4 Å². The van der Waals surface area contributed by atoms with E-state index in [4.69, 9.17) is 4.98 Å². The van der Waals surface area contributed by atoms with Crippen molar-refractivity contribution < 1.29 is 9.59 Å². The van der Waals surface area contributed by atoms with Crippen molar-refractivity contribution in [3.05, 3.63) is 47.7 Å². The Morgan fingerprint density at radius 1 is 1.19 bits per heavy atom. The Balaban J connectivity index is 1.57. The predicted octanol–water partition coefficient (Wildman–Crippen LogP) is 4.17. The lowest BCUT2D eigenvalue weighted by atomic mass is 10.0. The molecule has 7 nitrogen and oxygen atoms in total. The third kappa shape index (κ3) is 4.66. The Labute approximate surface area is 188 Å². The van der Waals surface area contributed by atoms with Crippen LogP contribution in [0.3, 0.4) is 0 Å². The summed E-state index contributed by atoms with van der Waals surface area (Å²) in [6.45, 7) is 6.40. The molecule has 4 rings (SSSR count). The number of aromatic nitrogens is 3. The van der Waals surface area contributed by atoms with Crippen molar-refractivity contribution in [3.63, 3.8) is 0 Å². The first-order valence-corrected chi connectivity index (χ1v) is 11.5. The third-order valence-electron chi connectivity index (χ3n) is 6.08. The fourth-order valence-corrected chi connectivity index (χ4v) is 4.34. The lowest BCUT2D eigenvalue weighted by molar-refractivity contribution is -0.121. The quantitative estimate of drug-likeness (QED) is 0.585. The lowest BCUT2D eigenvalue weighted by Gasteiger charge is -2.13. The maximum absolute atomic E-state index is 13.1. The number of amides is 2. The molecule has 1 aliphatic carbocycles. The summed E-state index contributed by atoms with van der Waals surface area (Å²) >= 11 is 0. The van der Waals surface area contributed by atoms with E-state index in [9.17, 15) is 9.59 Å². The molecule has 2 N–H and O–H groups in total. The van der Waals surface area contributed by atoms with Crippen LogP contribution >= 0.6 is 0 Å². The molecule has 2 aromatic heterocycles. The summed E-state index contributed by atoms with van der Waals surface area (Å²) in [4.78, 5) is 30.2. The molecule has 0 spiro atoms. The zero-order valence-corrected chi connectivity index (χ0v) is 19.0. The van der Waals surface area contributed by atoms with Crippen LogP contribution in [0.5, 0.6) is 0 Å². The zero-order valence-electron chi connectivity index (χ0n) is 19.0. The van der Waals surface area contributed by atoms with Crippen molar-refractivity contribution in [2.75, 3.05) is 6.54 Å². The van der Waals surface area contributed by atoms with Crippen LogP contribution in [0.1, 0.15) is 67.9 Å². The number of carbonyl (C=O) groups excluding carboxylic acids is 2. The maximum Gasteiger partial charge on any atom is 0.252 e. The summed E-state index contributed by atoms with van der Waals surface area (Å²) < 4.78 is 1.84. The highest BCUT2D eigenvalue weighted by Crippen LogP contribution is 2.28. The number of fused-ring (bicyclic) bond motifs is 1. The first-order valence-electron chi connectivity index (χ1n) is 11.5. The number of carbonyl (C=O) groups is 2. The van der Waals surface area contributed by atoms with Gasteiger partial charge < -0.3 is 10.6 Å². The fourth-order valence-electron chi connectivity index (χ4n) is 4.34. The minimum atomic E-state index is -0.218. The van der Waals surface area contributed by atoms with Crippen molar-refractivity contribution in [3.8, 4) is 11.3 Å². The molecule has 1 fully saturated rings. The second-order valence-electron chi connectivity index (χ2n) is 8.84. The normalized spacial score (nSPS) is 14.2. The van der Waals surface area contributed by atoms with Gasteiger partial charge in [-0.2, -0.15) is 5.10 Å². The highest BCUT2D eigenvalue weighted by molar-refractivity contribution is 6.06. The summed E-state index contributed by atoms with van der Waals surface area (Å²) in [6, 6.07) is 10.2. The molecule has 32 heavy (non-hydrogen) atoms. The van der Waals surface area contributed by atoms with E-state index < -0.39 is 0 Å². The Morgan fingerprint density at radius 2 is 1.94 bits per heavy atom. The van der Waals surface area contributed by atoms with Gasteiger partial charge in [0.1, 0.15) is 0 Å². The molecule has 0 radical (unpaired) electrons.